The first-order valence-corrected chi connectivity index (χ1v) is 8.65. The van der Waals surface area contributed by atoms with Crippen LogP contribution in [0.15, 0.2) is 47.4 Å². The Kier molecular flexibility index (Phi) is 6.63. The average Bonchev–Trinajstić information content (AvgIpc) is 2.54. The quantitative estimate of drug-likeness (QED) is 0.743. The highest BCUT2D eigenvalue weighted by Crippen LogP contribution is 2.26. The first-order chi connectivity index (χ1) is 11.0. The highest BCUT2D eigenvalue weighted by molar-refractivity contribution is 8.00. The first-order valence-electron chi connectivity index (χ1n) is 7.02. The maximum atomic E-state index is 12.2. The van der Waals surface area contributed by atoms with Crippen molar-refractivity contribution in [3.8, 4) is 5.75 Å². The molecule has 0 saturated heterocycles. The number of amides is 1. The molecular formula is C17H17Cl2NO2S. The van der Waals surface area contributed by atoms with Crippen LogP contribution < -0.4 is 10.1 Å². The van der Waals surface area contributed by atoms with E-state index in [1.165, 1.54) is 11.8 Å². The molecule has 0 saturated carbocycles. The second kappa shape index (κ2) is 8.48. The lowest BCUT2D eigenvalue weighted by molar-refractivity contribution is -0.120. The van der Waals surface area contributed by atoms with Crippen molar-refractivity contribution in [2.24, 2.45) is 0 Å². The van der Waals surface area contributed by atoms with Crippen LogP contribution in [-0.2, 0) is 11.3 Å². The minimum Gasteiger partial charge on any atom is -0.497 e. The number of rotatable bonds is 6. The molecule has 2 aromatic rings. The maximum absolute atomic E-state index is 12.2. The summed E-state index contributed by atoms with van der Waals surface area (Å²) in [6.07, 6.45) is 0. The van der Waals surface area contributed by atoms with Crippen LogP contribution in [0, 0.1) is 0 Å². The molecule has 2 aromatic carbocycles. The van der Waals surface area contributed by atoms with Crippen molar-refractivity contribution in [1.29, 1.82) is 0 Å². The van der Waals surface area contributed by atoms with E-state index in [0.717, 1.165) is 16.2 Å². The second-order valence-electron chi connectivity index (χ2n) is 4.89. The van der Waals surface area contributed by atoms with Gasteiger partial charge in [0.05, 0.1) is 12.4 Å². The lowest BCUT2D eigenvalue weighted by Gasteiger charge is -2.13. The van der Waals surface area contributed by atoms with Crippen LogP contribution in [0.25, 0.3) is 0 Å². The van der Waals surface area contributed by atoms with Crippen molar-refractivity contribution in [2.75, 3.05) is 7.11 Å². The third-order valence-electron chi connectivity index (χ3n) is 3.21. The molecule has 0 aliphatic carbocycles. The molecule has 6 heteroatoms. The summed E-state index contributed by atoms with van der Waals surface area (Å²) in [6.45, 7) is 2.25. The second-order valence-corrected chi connectivity index (χ2v) is 7.15. The lowest BCUT2D eigenvalue weighted by atomic mass is 10.2. The summed E-state index contributed by atoms with van der Waals surface area (Å²) >= 11 is 13.4. The molecule has 0 spiro atoms. The summed E-state index contributed by atoms with van der Waals surface area (Å²) in [5, 5.41) is 3.80. The fourth-order valence-electron chi connectivity index (χ4n) is 1.90. The Morgan fingerprint density at radius 3 is 2.52 bits per heavy atom. The Morgan fingerprint density at radius 2 is 1.91 bits per heavy atom. The topological polar surface area (TPSA) is 38.3 Å². The monoisotopic (exact) mass is 369 g/mol. The number of benzene rings is 2. The van der Waals surface area contributed by atoms with Gasteiger partial charge in [0, 0.05) is 21.5 Å². The highest BCUT2D eigenvalue weighted by Gasteiger charge is 2.14. The average molecular weight is 370 g/mol. The molecule has 3 nitrogen and oxygen atoms in total. The molecule has 1 atom stereocenters. The Labute approximate surface area is 150 Å². The predicted molar refractivity (Wildman–Crippen MR) is 96.6 cm³/mol. The molecular weight excluding hydrogens is 353 g/mol. The van der Waals surface area contributed by atoms with Gasteiger partial charge in [-0.15, -0.1) is 11.8 Å². The van der Waals surface area contributed by atoms with Crippen LogP contribution in [0.3, 0.4) is 0 Å². The molecule has 0 aliphatic heterocycles. The summed E-state index contributed by atoms with van der Waals surface area (Å²) in [7, 11) is 1.63. The van der Waals surface area contributed by atoms with Crippen molar-refractivity contribution >= 4 is 40.9 Å². The van der Waals surface area contributed by atoms with Crippen LogP contribution in [0.4, 0.5) is 0 Å². The third kappa shape index (κ3) is 5.34. The molecule has 0 aliphatic rings. The standard InChI is InChI=1S/C17H17Cl2NO2S/c1-11(23-15-7-5-14(22-2)6-8-15)17(21)20-10-12-3-4-13(18)9-16(12)19/h3-9,11H,10H2,1-2H3,(H,20,21)/t11-/m0/s1. The van der Waals surface area contributed by atoms with Gasteiger partial charge in [-0.1, -0.05) is 29.3 Å². The molecule has 0 radical (unpaired) electrons. The van der Waals surface area contributed by atoms with Crippen molar-refractivity contribution in [3.05, 3.63) is 58.1 Å². The minimum atomic E-state index is -0.213. The fourth-order valence-corrected chi connectivity index (χ4v) is 3.27. The van der Waals surface area contributed by atoms with Gasteiger partial charge in [-0.25, -0.2) is 0 Å². The molecule has 0 unspecified atom stereocenters. The van der Waals surface area contributed by atoms with Crippen molar-refractivity contribution in [2.45, 2.75) is 23.6 Å². The number of carbonyl (C=O) groups excluding carboxylic acids is 1. The fraction of sp³-hybridized carbons (Fsp3) is 0.235. The number of carbonyl (C=O) groups is 1. The zero-order valence-electron chi connectivity index (χ0n) is 12.8. The zero-order chi connectivity index (χ0) is 16.8. The van der Waals surface area contributed by atoms with Gasteiger partial charge >= 0.3 is 0 Å². The smallest absolute Gasteiger partial charge is 0.233 e. The maximum Gasteiger partial charge on any atom is 0.233 e. The molecule has 23 heavy (non-hydrogen) atoms. The molecule has 0 heterocycles. The molecule has 2 rings (SSSR count). The molecule has 0 bridgehead atoms. The van der Waals surface area contributed by atoms with Crippen molar-refractivity contribution in [1.82, 2.24) is 5.32 Å². The molecule has 1 amide bonds. The van der Waals surface area contributed by atoms with E-state index in [4.69, 9.17) is 27.9 Å². The van der Waals surface area contributed by atoms with Gasteiger partial charge in [0.1, 0.15) is 5.75 Å². The van der Waals surface area contributed by atoms with E-state index in [1.54, 1.807) is 19.2 Å². The Hall–Kier alpha value is -1.36. The first kappa shape index (κ1) is 18.0. The molecule has 122 valence electrons. The highest BCUT2D eigenvalue weighted by atomic mass is 35.5. The van der Waals surface area contributed by atoms with Gasteiger partial charge in [-0.05, 0) is 48.9 Å². The van der Waals surface area contributed by atoms with E-state index < -0.39 is 0 Å². The zero-order valence-corrected chi connectivity index (χ0v) is 15.1. The van der Waals surface area contributed by atoms with Crippen LogP contribution in [0.1, 0.15) is 12.5 Å². The number of thioether (sulfide) groups is 1. The SMILES string of the molecule is COc1ccc(S[C@@H](C)C(=O)NCc2ccc(Cl)cc2Cl)cc1. The number of methoxy groups -OCH3 is 1. The van der Waals surface area contributed by atoms with E-state index in [9.17, 15) is 4.79 Å². The molecule has 0 aromatic heterocycles. The van der Waals surface area contributed by atoms with Gasteiger partial charge < -0.3 is 10.1 Å². The van der Waals surface area contributed by atoms with Gasteiger partial charge in [0.2, 0.25) is 5.91 Å². The Balaban J connectivity index is 1.89. The third-order valence-corrected chi connectivity index (χ3v) is 4.91. The van der Waals surface area contributed by atoms with Crippen molar-refractivity contribution < 1.29 is 9.53 Å². The van der Waals surface area contributed by atoms with Crippen LogP contribution in [0.5, 0.6) is 5.75 Å². The number of ether oxygens (including phenoxy) is 1. The summed E-state index contributed by atoms with van der Waals surface area (Å²) in [5.74, 6) is 0.751. The number of halogens is 2. The summed E-state index contributed by atoms with van der Waals surface area (Å²) < 4.78 is 5.12. The van der Waals surface area contributed by atoms with E-state index in [-0.39, 0.29) is 11.2 Å². The van der Waals surface area contributed by atoms with E-state index in [2.05, 4.69) is 5.32 Å². The van der Waals surface area contributed by atoms with Crippen LogP contribution >= 0.6 is 35.0 Å². The number of hydrogen-bond donors (Lipinski definition) is 1. The number of nitrogens with one attached hydrogen (secondary N) is 1. The minimum absolute atomic E-state index is 0.0446. The summed E-state index contributed by atoms with van der Waals surface area (Å²) in [4.78, 5) is 13.2. The van der Waals surface area contributed by atoms with Crippen LogP contribution in [-0.4, -0.2) is 18.3 Å². The van der Waals surface area contributed by atoms with E-state index >= 15 is 0 Å². The lowest BCUT2D eigenvalue weighted by Crippen LogP contribution is -2.30. The van der Waals surface area contributed by atoms with Gasteiger partial charge in [0.15, 0.2) is 0 Å². The normalized spacial score (nSPS) is 11.8. The summed E-state index contributed by atoms with van der Waals surface area (Å²) in [5.41, 5.74) is 0.839. The van der Waals surface area contributed by atoms with E-state index in [1.807, 2.05) is 37.3 Å². The van der Waals surface area contributed by atoms with Crippen molar-refractivity contribution in [3.63, 3.8) is 0 Å². The van der Waals surface area contributed by atoms with Crippen LogP contribution in [0.2, 0.25) is 10.0 Å². The number of hydrogen-bond acceptors (Lipinski definition) is 3. The summed E-state index contributed by atoms with van der Waals surface area (Å²) in [6, 6.07) is 12.9. The molecule has 0 fully saturated rings. The van der Waals surface area contributed by atoms with Gasteiger partial charge in [0.25, 0.3) is 0 Å². The predicted octanol–water partition coefficient (Wildman–Crippen LogP) is 4.80. The van der Waals surface area contributed by atoms with Gasteiger partial charge in [-0.2, -0.15) is 0 Å². The van der Waals surface area contributed by atoms with Gasteiger partial charge in [-0.3, -0.25) is 4.79 Å². The van der Waals surface area contributed by atoms with E-state index in [0.29, 0.717) is 16.6 Å². The largest absolute Gasteiger partial charge is 0.497 e. The molecule has 1 N–H and O–H groups in total. The Morgan fingerprint density at radius 1 is 1.22 bits per heavy atom. The Bertz CT molecular complexity index is 677.